The first-order valence-corrected chi connectivity index (χ1v) is 4.18. The van der Waals surface area contributed by atoms with Crippen LogP contribution >= 0.6 is 0 Å². The zero-order chi connectivity index (χ0) is 10.1. The van der Waals surface area contributed by atoms with Gasteiger partial charge in [0.25, 0.3) is 0 Å². The summed E-state index contributed by atoms with van der Waals surface area (Å²) in [5.41, 5.74) is 1.79. The van der Waals surface area contributed by atoms with Gasteiger partial charge in [0.1, 0.15) is 6.33 Å². The van der Waals surface area contributed by atoms with Crippen molar-refractivity contribution in [3.63, 3.8) is 0 Å². The van der Waals surface area contributed by atoms with E-state index in [1.807, 2.05) is 19.9 Å². The Morgan fingerprint density at radius 2 is 2.00 bits per heavy atom. The number of hydrogen-bond donors (Lipinski definition) is 0. The van der Waals surface area contributed by atoms with Crippen LogP contribution in [0.4, 0.5) is 4.39 Å². The minimum atomic E-state index is -0.553. The molecule has 0 amide bonds. The first-order chi connectivity index (χ1) is 6.66. The molecule has 2 aromatic rings. The van der Waals surface area contributed by atoms with E-state index < -0.39 is 5.95 Å². The summed E-state index contributed by atoms with van der Waals surface area (Å²) in [6, 6.07) is 3.15. The lowest BCUT2D eigenvalue weighted by molar-refractivity contribution is 0.575. The number of aromatic nitrogens is 4. The summed E-state index contributed by atoms with van der Waals surface area (Å²) in [7, 11) is 0. The fraction of sp³-hybridized carbons (Fsp3) is 0.222. The average molecular weight is 192 g/mol. The van der Waals surface area contributed by atoms with Gasteiger partial charge in [-0.15, -0.1) is 0 Å². The molecule has 0 spiro atoms. The van der Waals surface area contributed by atoms with Crippen LogP contribution in [0.1, 0.15) is 11.4 Å². The van der Waals surface area contributed by atoms with Gasteiger partial charge in [0.15, 0.2) is 5.82 Å². The van der Waals surface area contributed by atoms with Crippen LogP contribution < -0.4 is 0 Å². The van der Waals surface area contributed by atoms with Gasteiger partial charge in [-0.1, -0.05) is 0 Å². The maximum atomic E-state index is 12.8. The van der Waals surface area contributed by atoms with Gasteiger partial charge in [0.05, 0.1) is 5.69 Å². The third-order valence-electron chi connectivity index (χ3n) is 1.85. The Kier molecular flexibility index (Phi) is 1.99. The van der Waals surface area contributed by atoms with Crippen molar-refractivity contribution in [2.45, 2.75) is 13.8 Å². The zero-order valence-electron chi connectivity index (χ0n) is 7.90. The Morgan fingerprint density at radius 3 is 2.57 bits per heavy atom. The Balaban J connectivity index is 2.54. The molecule has 5 heteroatoms. The van der Waals surface area contributed by atoms with E-state index in [1.54, 1.807) is 4.68 Å². The molecular formula is C9H9FN4. The molecule has 0 saturated heterocycles. The van der Waals surface area contributed by atoms with Crippen molar-refractivity contribution >= 4 is 0 Å². The molecule has 14 heavy (non-hydrogen) atoms. The maximum absolute atomic E-state index is 12.8. The molecule has 0 aliphatic carbocycles. The topological polar surface area (TPSA) is 43.6 Å². The van der Waals surface area contributed by atoms with Crippen LogP contribution in [-0.4, -0.2) is 19.7 Å². The van der Waals surface area contributed by atoms with Gasteiger partial charge >= 0.3 is 0 Å². The summed E-state index contributed by atoms with van der Waals surface area (Å²) in [4.78, 5) is 7.32. The molecule has 4 nitrogen and oxygen atoms in total. The van der Waals surface area contributed by atoms with Gasteiger partial charge in [-0.25, -0.2) is 14.6 Å². The summed E-state index contributed by atoms with van der Waals surface area (Å²) in [5, 5.41) is 4.18. The number of halogens is 1. The van der Waals surface area contributed by atoms with Gasteiger partial charge < -0.3 is 0 Å². The standard InChI is InChI=1S/C9H9FN4/c1-6-3-7(2)14(13-6)9-4-8(10)11-5-12-9/h3-5H,1-2H3. The first kappa shape index (κ1) is 8.80. The molecular weight excluding hydrogens is 183 g/mol. The Labute approximate surface area is 80.4 Å². The summed E-state index contributed by atoms with van der Waals surface area (Å²) in [6.45, 7) is 3.76. The molecule has 0 atom stereocenters. The number of aryl methyl sites for hydroxylation is 2. The van der Waals surface area contributed by atoms with Crippen molar-refractivity contribution in [1.29, 1.82) is 0 Å². The van der Waals surface area contributed by atoms with Crippen molar-refractivity contribution in [1.82, 2.24) is 19.7 Å². The Hall–Kier alpha value is -1.78. The van der Waals surface area contributed by atoms with Crippen molar-refractivity contribution in [2.24, 2.45) is 0 Å². The molecule has 2 rings (SSSR count). The smallest absolute Gasteiger partial charge is 0.218 e. The zero-order valence-corrected chi connectivity index (χ0v) is 7.90. The van der Waals surface area contributed by atoms with Crippen LogP contribution in [0, 0.1) is 19.8 Å². The van der Waals surface area contributed by atoms with Gasteiger partial charge in [0, 0.05) is 11.8 Å². The van der Waals surface area contributed by atoms with Crippen LogP contribution in [0.15, 0.2) is 18.5 Å². The fourth-order valence-electron chi connectivity index (χ4n) is 1.30. The molecule has 0 aromatic carbocycles. The lowest BCUT2D eigenvalue weighted by atomic mass is 10.4. The molecule has 0 radical (unpaired) electrons. The van der Waals surface area contributed by atoms with Crippen LogP contribution in [0.2, 0.25) is 0 Å². The third-order valence-corrected chi connectivity index (χ3v) is 1.85. The highest BCUT2D eigenvalue weighted by Crippen LogP contribution is 2.08. The summed E-state index contributed by atoms with van der Waals surface area (Å²) in [6.07, 6.45) is 1.18. The highest BCUT2D eigenvalue weighted by atomic mass is 19.1. The quantitative estimate of drug-likeness (QED) is 0.642. The second-order valence-electron chi connectivity index (χ2n) is 3.04. The number of rotatable bonds is 1. The summed E-state index contributed by atoms with van der Waals surface area (Å²) < 4.78 is 14.4. The number of nitrogens with zero attached hydrogens (tertiary/aromatic N) is 4. The highest BCUT2D eigenvalue weighted by Gasteiger charge is 2.05. The van der Waals surface area contributed by atoms with Crippen molar-refractivity contribution in [2.75, 3.05) is 0 Å². The predicted molar refractivity (Wildman–Crippen MR) is 48.6 cm³/mol. The molecule has 2 aromatic heterocycles. The van der Waals surface area contributed by atoms with Crippen LogP contribution in [0.5, 0.6) is 0 Å². The Morgan fingerprint density at radius 1 is 1.21 bits per heavy atom. The van der Waals surface area contributed by atoms with Gasteiger partial charge in [0.2, 0.25) is 5.95 Å². The van der Waals surface area contributed by atoms with E-state index in [0.717, 1.165) is 11.4 Å². The lowest BCUT2D eigenvalue weighted by Gasteiger charge is -2.01. The molecule has 72 valence electrons. The van der Waals surface area contributed by atoms with E-state index in [-0.39, 0.29) is 0 Å². The third kappa shape index (κ3) is 1.48. The molecule has 0 saturated carbocycles. The number of hydrogen-bond acceptors (Lipinski definition) is 3. The molecule has 0 fully saturated rings. The minimum Gasteiger partial charge on any atom is -0.219 e. The molecule has 0 bridgehead atoms. The maximum Gasteiger partial charge on any atom is 0.218 e. The Bertz CT molecular complexity index is 464. The van der Waals surface area contributed by atoms with Crippen molar-refractivity contribution < 1.29 is 4.39 Å². The average Bonchev–Trinajstić information content (AvgIpc) is 2.45. The van der Waals surface area contributed by atoms with E-state index in [0.29, 0.717) is 5.82 Å². The molecule has 0 aliphatic rings. The molecule has 2 heterocycles. The monoisotopic (exact) mass is 192 g/mol. The van der Waals surface area contributed by atoms with Gasteiger partial charge in [-0.2, -0.15) is 9.49 Å². The van der Waals surface area contributed by atoms with Crippen LogP contribution in [0.25, 0.3) is 5.82 Å². The van der Waals surface area contributed by atoms with E-state index >= 15 is 0 Å². The van der Waals surface area contributed by atoms with Crippen molar-refractivity contribution in [3.05, 3.63) is 35.8 Å². The predicted octanol–water partition coefficient (Wildman–Crippen LogP) is 1.42. The van der Waals surface area contributed by atoms with Crippen LogP contribution in [-0.2, 0) is 0 Å². The van der Waals surface area contributed by atoms with Crippen molar-refractivity contribution in [3.8, 4) is 5.82 Å². The van der Waals surface area contributed by atoms with E-state index in [9.17, 15) is 4.39 Å². The van der Waals surface area contributed by atoms with Gasteiger partial charge in [-0.05, 0) is 19.9 Å². The fourth-order valence-corrected chi connectivity index (χ4v) is 1.30. The first-order valence-electron chi connectivity index (χ1n) is 4.18. The van der Waals surface area contributed by atoms with E-state index in [4.69, 9.17) is 0 Å². The second kappa shape index (κ2) is 3.17. The second-order valence-corrected chi connectivity index (χ2v) is 3.04. The summed E-state index contributed by atoms with van der Waals surface area (Å²) >= 11 is 0. The molecule has 0 aliphatic heterocycles. The highest BCUT2D eigenvalue weighted by molar-refractivity contribution is 5.23. The van der Waals surface area contributed by atoms with Crippen LogP contribution in [0.3, 0.4) is 0 Å². The lowest BCUT2D eigenvalue weighted by Crippen LogP contribution is -2.03. The molecule has 0 unspecified atom stereocenters. The van der Waals surface area contributed by atoms with Gasteiger partial charge in [-0.3, -0.25) is 0 Å². The van der Waals surface area contributed by atoms with E-state index in [2.05, 4.69) is 15.1 Å². The van der Waals surface area contributed by atoms with E-state index in [1.165, 1.54) is 12.4 Å². The molecule has 0 N–H and O–H groups in total. The minimum absolute atomic E-state index is 0.447. The normalized spacial score (nSPS) is 10.5. The summed E-state index contributed by atoms with van der Waals surface area (Å²) in [5.74, 6) is -0.106. The largest absolute Gasteiger partial charge is 0.219 e. The SMILES string of the molecule is Cc1cc(C)n(-c2cc(F)ncn2)n1.